The number of nitrogens with zero attached hydrogens (tertiary/aromatic N) is 2. The zero-order valence-corrected chi connectivity index (χ0v) is 12.7. The Morgan fingerprint density at radius 2 is 2.16 bits per heavy atom. The fraction of sp³-hybridized carbons (Fsp3) is 0.417. The van der Waals surface area contributed by atoms with Crippen LogP contribution in [0.1, 0.15) is 36.8 Å². The molecule has 0 fully saturated rings. The average Bonchev–Trinajstić information content (AvgIpc) is 2.34. The van der Waals surface area contributed by atoms with E-state index < -0.39 is 21.7 Å². The standard InChI is InChI=1S/C12H15ClN2O3S/c1-12(2,3)19(17)15-7-10-9(13)5-8(6-14-10)11(16)18-4/h5-7H,1-4H3/b15-7+. The highest BCUT2D eigenvalue weighted by Gasteiger charge is 2.18. The summed E-state index contributed by atoms with van der Waals surface area (Å²) in [5.41, 5.74) is 0.605. The second kappa shape index (κ2) is 6.25. The first kappa shape index (κ1) is 15.8. The van der Waals surface area contributed by atoms with Gasteiger partial charge in [-0.3, -0.25) is 4.98 Å². The average molecular weight is 303 g/mol. The highest BCUT2D eigenvalue weighted by atomic mass is 35.5. The van der Waals surface area contributed by atoms with Crippen LogP contribution in [0.25, 0.3) is 0 Å². The first-order valence-electron chi connectivity index (χ1n) is 5.45. The van der Waals surface area contributed by atoms with Crippen molar-refractivity contribution in [3.8, 4) is 0 Å². The summed E-state index contributed by atoms with van der Waals surface area (Å²) in [7, 11) is -0.107. The van der Waals surface area contributed by atoms with Crippen LogP contribution in [0.5, 0.6) is 0 Å². The molecule has 0 aliphatic rings. The maximum Gasteiger partial charge on any atom is 0.339 e. The number of carbonyl (C=O) groups is 1. The Morgan fingerprint density at radius 1 is 1.53 bits per heavy atom. The SMILES string of the molecule is COC(=O)c1cnc(/C=N/S(=O)C(C)(C)C)c(Cl)c1. The lowest BCUT2D eigenvalue weighted by molar-refractivity contribution is 0.0600. The molecule has 0 bridgehead atoms. The Labute approximate surface area is 119 Å². The molecule has 0 aliphatic carbocycles. The summed E-state index contributed by atoms with van der Waals surface area (Å²) in [5.74, 6) is -0.517. The zero-order chi connectivity index (χ0) is 14.6. The van der Waals surface area contributed by atoms with Crippen molar-refractivity contribution in [2.24, 2.45) is 4.40 Å². The van der Waals surface area contributed by atoms with Gasteiger partial charge in [0.1, 0.15) is 16.7 Å². The number of halogens is 1. The molecule has 0 spiro atoms. The fourth-order valence-electron chi connectivity index (χ4n) is 1.03. The van der Waals surface area contributed by atoms with Crippen LogP contribution in [-0.2, 0) is 15.7 Å². The van der Waals surface area contributed by atoms with Crippen molar-refractivity contribution in [2.75, 3.05) is 7.11 Å². The molecule has 7 heteroatoms. The zero-order valence-electron chi connectivity index (χ0n) is 11.1. The van der Waals surface area contributed by atoms with E-state index in [1.807, 2.05) is 20.8 Å². The van der Waals surface area contributed by atoms with Crippen LogP contribution in [0.2, 0.25) is 5.02 Å². The Kier molecular flexibility index (Phi) is 5.20. The molecule has 1 heterocycles. The molecular weight excluding hydrogens is 288 g/mol. The predicted molar refractivity (Wildman–Crippen MR) is 76.1 cm³/mol. The number of carbonyl (C=O) groups excluding carboxylic acids is 1. The van der Waals surface area contributed by atoms with Crippen LogP contribution in [0.15, 0.2) is 16.7 Å². The molecule has 104 valence electrons. The van der Waals surface area contributed by atoms with Gasteiger partial charge in [0.2, 0.25) is 0 Å². The minimum absolute atomic E-state index is 0.248. The minimum Gasteiger partial charge on any atom is -0.465 e. The van der Waals surface area contributed by atoms with Gasteiger partial charge in [-0.1, -0.05) is 11.6 Å². The van der Waals surface area contributed by atoms with Gasteiger partial charge in [0.25, 0.3) is 0 Å². The first-order valence-corrected chi connectivity index (χ1v) is 6.94. The Hall–Kier alpha value is -1.27. The van der Waals surface area contributed by atoms with Gasteiger partial charge in [-0.25, -0.2) is 9.00 Å². The number of ether oxygens (including phenoxy) is 1. The van der Waals surface area contributed by atoms with Crippen LogP contribution < -0.4 is 0 Å². The third-order valence-electron chi connectivity index (χ3n) is 2.09. The van der Waals surface area contributed by atoms with E-state index in [9.17, 15) is 9.00 Å². The minimum atomic E-state index is -1.38. The highest BCUT2D eigenvalue weighted by Crippen LogP contribution is 2.16. The van der Waals surface area contributed by atoms with E-state index in [1.165, 1.54) is 25.6 Å². The molecule has 0 saturated heterocycles. The molecule has 0 amide bonds. The molecule has 0 aromatic carbocycles. The predicted octanol–water partition coefficient (Wildman–Crippen LogP) is 2.40. The molecule has 1 rings (SSSR count). The monoisotopic (exact) mass is 302 g/mol. The van der Waals surface area contributed by atoms with Crippen LogP contribution in [0, 0.1) is 0 Å². The molecule has 1 aromatic rings. The van der Waals surface area contributed by atoms with Crippen LogP contribution in [0.3, 0.4) is 0 Å². The van der Waals surface area contributed by atoms with Crippen LogP contribution >= 0.6 is 11.6 Å². The van der Waals surface area contributed by atoms with Crippen molar-refractivity contribution in [3.05, 3.63) is 28.5 Å². The fourth-order valence-corrected chi connectivity index (χ4v) is 1.76. The molecule has 0 aliphatic heterocycles. The van der Waals surface area contributed by atoms with E-state index >= 15 is 0 Å². The van der Waals surface area contributed by atoms with Gasteiger partial charge in [-0.05, 0) is 26.8 Å². The van der Waals surface area contributed by atoms with Crippen molar-refractivity contribution >= 4 is 34.8 Å². The molecular formula is C12H15ClN2O3S. The molecule has 1 atom stereocenters. The molecule has 0 N–H and O–H groups in total. The van der Waals surface area contributed by atoms with Gasteiger partial charge in [0.15, 0.2) is 0 Å². The third kappa shape index (κ3) is 4.40. The van der Waals surface area contributed by atoms with E-state index in [0.717, 1.165) is 0 Å². The number of methoxy groups -OCH3 is 1. The highest BCUT2D eigenvalue weighted by molar-refractivity contribution is 7.85. The van der Waals surface area contributed by atoms with Gasteiger partial charge < -0.3 is 4.74 Å². The van der Waals surface area contributed by atoms with Crippen molar-refractivity contribution in [1.29, 1.82) is 0 Å². The first-order chi connectivity index (χ1) is 8.75. The lowest BCUT2D eigenvalue weighted by atomic mass is 10.2. The van der Waals surface area contributed by atoms with Gasteiger partial charge in [-0.15, -0.1) is 0 Å². The second-order valence-corrected chi connectivity index (χ2v) is 7.02. The summed E-state index contributed by atoms with van der Waals surface area (Å²) >= 11 is 5.97. The Bertz CT molecular complexity index is 538. The largest absolute Gasteiger partial charge is 0.465 e. The van der Waals surface area contributed by atoms with Crippen molar-refractivity contribution in [3.63, 3.8) is 0 Å². The third-order valence-corrected chi connectivity index (χ3v) is 3.73. The quantitative estimate of drug-likeness (QED) is 0.635. The molecule has 1 aromatic heterocycles. The maximum atomic E-state index is 11.7. The number of pyridine rings is 1. The lowest BCUT2D eigenvalue weighted by Gasteiger charge is -2.12. The van der Waals surface area contributed by atoms with E-state index in [0.29, 0.717) is 5.69 Å². The molecule has 0 saturated carbocycles. The van der Waals surface area contributed by atoms with Crippen molar-refractivity contribution < 1.29 is 13.7 Å². The number of aromatic nitrogens is 1. The lowest BCUT2D eigenvalue weighted by Crippen LogP contribution is -2.19. The summed E-state index contributed by atoms with van der Waals surface area (Å²) in [5, 5.41) is 0.248. The Balaban J connectivity index is 2.96. The van der Waals surface area contributed by atoms with Crippen molar-refractivity contribution in [2.45, 2.75) is 25.5 Å². The van der Waals surface area contributed by atoms with Gasteiger partial charge in [0.05, 0.1) is 28.7 Å². The van der Waals surface area contributed by atoms with Gasteiger partial charge >= 0.3 is 5.97 Å². The van der Waals surface area contributed by atoms with E-state index in [-0.39, 0.29) is 10.6 Å². The molecule has 0 radical (unpaired) electrons. The summed E-state index contributed by atoms with van der Waals surface area (Å²) in [6, 6.07) is 1.43. The van der Waals surface area contributed by atoms with Gasteiger partial charge in [-0.2, -0.15) is 4.40 Å². The topological polar surface area (TPSA) is 68.6 Å². The summed E-state index contributed by atoms with van der Waals surface area (Å²) in [4.78, 5) is 15.3. The second-order valence-electron chi connectivity index (χ2n) is 4.68. The molecule has 1 unspecified atom stereocenters. The number of rotatable bonds is 3. The summed E-state index contributed by atoms with van der Waals surface area (Å²) < 4.78 is 19.7. The van der Waals surface area contributed by atoms with E-state index in [4.69, 9.17) is 11.6 Å². The smallest absolute Gasteiger partial charge is 0.339 e. The van der Waals surface area contributed by atoms with Gasteiger partial charge in [0, 0.05) is 6.20 Å². The van der Waals surface area contributed by atoms with Crippen molar-refractivity contribution in [1.82, 2.24) is 4.98 Å². The number of hydrogen-bond acceptors (Lipinski definition) is 4. The number of hydrogen-bond donors (Lipinski definition) is 0. The molecule has 19 heavy (non-hydrogen) atoms. The molecule has 5 nitrogen and oxygen atoms in total. The Morgan fingerprint density at radius 3 is 2.63 bits per heavy atom. The van der Waals surface area contributed by atoms with Crippen LogP contribution in [0.4, 0.5) is 0 Å². The number of esters is 1. The summed E-state index contributed by atoms with van der Waals surface area (Å²) in [6.45, 7) is 5.45. The van der Waals surface area contributed by atoms with Crippen LogP contribution in [-0.4, -0.2) is 33.2 Å². The normalized spacial score (nSPS) is 13.5. The maximum absolute atomic E-state index is 11.7. The van der Waals surface area contributed by atoms with E-state index in [1.54, 1.807) is 0 Å². The summed E-state index contributed by atoms with van der Waals surface area (Å²) in [6.07, 6.45) is 2.67. The van der Waals surface area contributed by atoms with E-state index in [2.05, 4.69) is 14.1 Å².